The third-order valence-electron chi connectivity index (χ3n) is 8.06. The minimum absolute atomic E-state index is 0.0456. The molecule has 1 saturated carbocycles. The summed E-state index contributed by atoms with van der Waals surface area (Å²) in [5.74, 6) is -0.0350. The van der Waals surface area contributed by atoms with Crippen molar-refractivity contribution >= 4 is 60.8 Å². The van der Waals surface area contributed by atoms with Gasteiger partial charge in [-0.3, -0.25) is 14.4 Å². The largest absolute Gasteiger partial charge is 0.354 e. The van der Waals surface area contributed by atoms with Crippen LogP contribution in [0.4, 0.5) is 0 Å². The van der Waals surface area contributed by atoms with Crippen molar-refractivity contribution in [2.45, 2.75) is 74.1 Å². The molecular formula is C27H35ClN4O5S2. The number of benzene rings is 1. The highest BCUT2D eigenvalue weighted by Gasteiger charge is 2.36. The molecule has 2 saturated heterocycles. The van der Waals surface area contributed by atoms with Gasteiger partial charge < -0.3 is 15.1 Å². The summed E-state index contributed by atoms with van der Waals surface area (Å²) < 4.78 is 29.7. The van der Waals surface area contributed by atoms with E-state index in [1.807, 2.05) is 0 Å². The number of nitrogens with zero attached hydrogens (tertiary/aromatic N) is 2. The molecule has 3 aliphatic rings. The zero-order valence-electron chi connectivity index (χ0n) is 21.9. The second kappa shape index (κ2) is 12.1. The third-order valence-corrected chi connectivity index (χ3v) is 11.4. The van der Waals surface area contributed by atoms with E-state index >= 15 is 0 Å². The van der Waals surface area contributed by atoms with Gasteiger partial charge in [0, 0.05) is 41.8 Å². The average Bonchev–Trinajstić information content (AvgIpc) is 3.66. The number of sulfonamides is 1. The number of rotatable bonds is 9. The van der Waals surface area contributed by atoms with Crippen LogP contribution < -0.4 is 10.0 Å². The molecule has 2 N–H and O–H groups in total. The molecule has 12 heteroatoms. The molecule has 1 aromatic carbocycles. The molecule has 9 nitrogen and oxygen atoms in total. The second-order valence-corrected chi connectivity index (χ2v) is 14.3. The van der Waals surface area contributed by atoms with Crippen LogP contribution in [-0.4, -0.2) is 74.2 Å². The first-order chi connectivity index (χ1) is 18.7. The Morgan fingerprint density at radius 3 is 2.59 bits per heavy atom. The zero-order valence-corrected chi connectivity index (χ0v) is 24.3. The van der Waals surface area contributed by atoms with Gasteiger partial charge in [-0.15, -0.1) is 11.3 Å². The monoisotopic (exact) mass is 594 g/mol. The summed E-state index contributed by atoms with van der Waals surface area (Å²) in [7, 11) is -3.93. The van der Waals surface area contributed by atoms with Crippen LogP contribution >= 0.6 is 22.9 Å². The number of likely N-dealkylation sites (tertiary alicyclic amines) is 2. The predicted molar refractivity (Wildman–Crippen MR) is 151 cm³/mol. The zero-order chi connectivity index (χ0) is 27.6. The summed E-state index contributed by atoms with van der Waals surface area (Å²) in [6.07, 6.45) is 7.80. The lowest BCUT2D eigenvalue weighted by Gasteiger charge is -2.34. The lowest BCUT2D eigenvalue weighted by atomic mass is 10.0. The fraction of sp³-hybridized carbons (Fsp3) is 0.593. The van der Waals surface area contributed by atoms with Crippen molar-refractivity contribution < 1.29 is 22.8 Å². The van der Waals surface area contributed by atoms with Crippen molar-refractivity contribution in [2.24, 2.45) is 5.92 Å². The van der Waals surface area contributed by atoms with E-state index in [9.17, 15) is 22.8 Å². The van der Waals surface area contributed by atoms with Gasteiger partial charge in [0.25, 0.3) is 10.0 Å². The number of halogens is 1. The Labute approximate surface area is 238 Å². The molecule has 0 spiro atoms. The summed E-state index contributed by atoms with van der Waals surface area (Å²) in [5, 5.41) is 4.26. The second-order valence-electron chi connectivity index (χ2n) is 10.9. The van der Waals surface area contributed by atoms with E-state index in [1.54, 1.807) is 29.2 Å². The van der Waals surface area contributed by atoms with Gasteiger partial charge in [-0.25, -0.2) is 8.42 Å². The van der Waals surface area contributed by atoms with E-state index in [2.05, 4.69) is 10.0 Å². The van der Waals surface area contributed by atoms with Gasteiger partial charge in [0.1, 0.15) is 10.3 Å². The quantitative estimate of drug-likeness (QED) is 0.461. The van der Waals surface area contributed by atoms with E-state index in [-0.39, 0.29) is 34.5 Å². The van der Waals surface area contributed by atoms with E-state index < -0.39 is 16.1 Å². The first-order valence-corrected chi connectivity index (χ1v) is 16.4. The topological polar surface area (TPSA) is 116 Å². The van der Waals surface area contributed by atoms with E-state index in [4.69, 9.17) is 11.6 Å². The standard InChI is InChI=1S/C27H35ClN4O5S2/c28-20-9-10-23-19(14-20)15-26(38-23)39(36,37)30-22-8-4-11-31(27(22)35)17-25(34)32-12-3-7-21(32)16-29-24(33)13-18-5-1-2-6-18/h9-10,14-15,18,21-22,30H,1-8,11-13,16-17H2,(H,29,33). The molecule has 1 aromatic heterocycles. The van der Waals surface area contributed by atoms with Gasteiger partial charge in [0.15, 0.2) is 0 Å². The molecule has 39 heavy (non-hydrogen) atoms. The molecular weight excluding hydrogens is 560 g/mol. The van der Waals surface area contributed by atoms with Crippen LogP contribution in [0.15, 0.2) is 28.5 Å². The summed E-state index contributed by atoms with van der Waals surface area (Å²) >= 11 is 7.15. The van der Waals surface area contributed by atoms with Crippen LogP contribution in [0, 0.1) is 5.92 Å². The summed E-state index contributed by atoms with van der Waals surface area (Å²) in [6, 6.07) is 5.74. The lowest BCUT2D eigenvalue weighted by molar-refractivity contribution is -0.143. The molecule has 212 valence electrons. The molecule has 3 amide bonds. The van der Waals surface area contributed by atoms with E-state index in [0.29, 0.717) is 49.8 Å². The molecule has 2 aromatic rings. The Bertz CT molecular complexity index is 1340. The number of hydrogen-bond donors (Lipinski definition) is 2. The molecule has 2 unspecified atom stereocenters. The van der Waals surface area contributed by atoms with Gasteiger partial charge in [-0.1, -0.05) is 24.4 Å². The fourth-order valence-corrected chi connectivity index (χ4v) is 8.78. The van der Waals surface area contributed by atoms with E-state index in [0.717, 1.165) is 47.1 Å². The third kappa shape index (κ3) is 6.75. The Balaban J connectivity index is 1.16. The van der Waals surface area contributed by atoms with Gasteiger partial charge >= 0.3 is 0 Å². The molecule has 1 aliphatic carbocycles. The Kier molecular flexibility index (Phi) is 8.80. The first kappa shape index (κ1) is 28.3. The first-order valence-electron chi connectivity index (χ1n) is 13.8. The summed E-state index contributed by atoms with van der Waals surface area (Å²) in [4.78, 5) is 42.0. The Morgan fingerprint density at radius 1 is 1.03 bits per heavy atom. The Hall–Kier alpha value is -2.21. The maximum absolute atomic E-state index is 13.2. The van der Waals surface area contributed by atoms with Crippen molar-refractivity contribution in [3.8, 4) is 0 Å². The summed E-state index contributed by atoms with van der Waals surface area (Å²) in [5.41, 5.74) is 0. The van der Waals surface area contributed by atoms with Crippen LogP contribution in [0.2, 0.25) is 5.02 Å². The van der Waals surface area contributed by atoms with Crippen LogP contribution in [0.25, 0.3) is 10.1 Å². The highest BCUT2D eigenvalue weighted by Crippen LogP contribution is 2.31. The number of nitrogens with one attached hydrogen (secondary N) is 2. The molecule has 3 fully saturated rings. The minimum atomic E-state index is -3.93. The van der Waals surface area contributed by atoms with Crippen molar-refractivity contribution in [1.29, 1.82) is 0 Å². The lowest BCUT2D eigenvalue weighted by Crippen LogP contribution is -2.55. The van der Waals surface area contributed by atoms with Gasteiger partial charge in [0.2, 0.25) is 17.7 Å². The normalized spacial score (nSPS) is 22.6. The van der Waals surface area contributed by atoms with Crippen molar-refractivity contribution in [1.82, 2.24) is 19.8 Å². The van der Waals surface area contributed by atoms with Crippen molar-refractivity contribution in [2.75, 3.05) is 26.2 Å². The molecule has 0 bridgehead atoms. The number of carbonyl (C=O) groups excluding carboxylic acids is 3. The maximum Gasteiger partial charge on any atom is 0.250 e. The van der Waals surface area contributed by atoms with Crippen LogP contribution in [0.5, 0.6) is 0 Å². The van der Waals surface area contributed by atoms with E-state index in [1.165, 1.54) is 17.7 Å². The van der Waals surface area contributed by atoms with Gasteiger partial charge in [-0.05, 0) is 74.1 Å². The number of thiophene rings is 1. The molecule has 0 radical (unpaired) electrons. The van der Waals surface area contributed by atoms with Crippen molar-refractivity contribution in [3.63, 3.8) is 0 Å². The van der Waals surface area contributed by atoms with Crippen LogP contribution in [-0.2, 0) is 24.4 Å². The predicted octanol–water partition coefficient (Wildman–Crippen LogP) is 3.51. The van der Waals surface area contributed by atoms with Gasteiger partial charge in [0.05, 0.1) is 6.54 Å². The number of amides is 3. The molecule has 3 heterocycles. The number of carbonyl (C=O) groups is 3. The molecule has 2 atom stereocenters. The number of piperidine rings is 1. The van der Waals surface area contributed by atoms with Crippen LogP contribution in [0.3, 0.4) is 0 Å². The Morgan fingerprint density at radius 2 is 1.79 bits per heavy atom. The number of hydrogen-bond acceptors (Lipinski definition) is 6. The number of fused-ring (bicyclic) bond motifs is 1. The smallest absolute Gasteiger partial charge is 0.250 e. The highest BCUT2D eigenvalue weighted by molar-refractivity contribution is 7.91. The average molecular weight is 595 g/mol. The highest BCUT2D eigenvalue weighted by atomic mass is 35.5. The molecule has 2 aliphatic heterocycles. The maximum atomic E-state index is 13.2. The fourth-order valence-electron chi connectivity index (χ4n) is 5.99. The van der Waals surface area contributed by atoms with Gasteiger partial charge in [-0.2, -0.15) is 4.72 Å². The molecule has 5 rings (SSSR count). The minimum Gasteiger partial charge on any atom is -0.354 e. The summed E-state index contributed by atoms with van der Waals surface area (Å²) in [6.45, 7) is 1.33. The SMILES string of the molecule is O=C(CC1CCCC1)NCC1CCCN1C(=O)CN1CCCC(NS(=O)(=O)c2cc3cc(Cl)ccc3s2)C1=O. The van der Waals surface area contributed by atoms with Crippen LogP contribution in [0.1, 0.15) is 57.8 Å². The van der Waals surface area contributed by atoms with Crippen molar-refractivity contribution in [3.05, 3.63) is 29.3 Å².